The van der Waals surface area contributed by atoms with Crippen LogP contribution in [0, 0.1) is 12.9 Å². The first-order valence-corrected chi connectivity index (χ1v) is 3.52. The Labute approximate surface area is 65.7 Å². The van der Waals surface area contributed by atoms with E-state index in [9.17, 15) is 4.39 Å². The molecule has 0 fully saturated rings. The highest BCUT2D eigenvalue weighted by atomic mass is 19.1. The third-order valence-corrected chi connectivity index (χ3v) is 0.968. The molecular weight excluding hydrogens is 145 g/mol. The van der Waals surface area contributed by atoms with Crippen LogP contribution in [-0.2, 0) is 0 Å². The van der Waals surface area contributed by atoms with E-state index in [0.717, 1.165) is 0 Å². The SMILES string of the molecule is CC.Cc1ccc(O)c(F)n1. The maximum atomic E-state index is 12.2. The number of rotatable bonds is 0. The molecule has 0 amide bonds. The summed E-state index contributed by atoms with van der Waals surface area (Å²) in [6, 6.07) is 2.82. The quantitative estimate of drug-likeness (QED) is 0.586. The van der Waals surface area contributed by atoms with Gasteiger partial charge in [0.25, 0.3) is 5.95 Å². The minimum absolute atomic E-state index is 0.402. The maximum absolute atomic E-state index is 12.2. The van der Waals surface area contributed by atoms with E-state index in [1.165, 1.54) is 6.07 Å². The molecule has 1 aromatic heterocycles. The Morgan fingerprint density at radius 3 is 2.27 bits per heavy atom. The van der Waals surface area contributed by atoms with Gasteiger partial charge in [-0.05, 0) is 19.1 Å². The fraction of sp³-hybridized carbons (Fsp3) is 0.375. The standard InChI is InChI=1S/C6H6FNO.C2H6/c1-4-2-3-5(9)6(7)8-4;1-2/h2-3,9H,1H3;1-2H3. The zero-order chi connectivity index (χ0) is 8.85. The molecule has 1 aromatic rings. The average Bonchev–Trinajstić information content (AvgIpc) is 2.02. The van der Waals surface area contributed by atoms with Crippen LogP contribution in [0.5, 0.6) is 5.75 Å². The van der Waals surface area contributed by atoms with Crippen LogP contribution in [0.15, 0.2) is 12.1 Å². The Morgan fingerprint density at radius 2 is 1.91 bits per heavy atom. The first-order chi connectivity index (χ1) is 5.20. The molecule has 1 heterocycles. The second kappa shape index (κ2) is 4.66. The summed E-state index contributed by atoms with van der Waals surface area (Å²) in [6.45, 7) is 5.66. The number of halogens is 1. The molecule has 0 aromatic carbocycles. The van der Waals surface area contributed by atoms with Crippen LogP contribution >= 0.6 is 0 Å². The fourth-order valence-electron chi connectivity index (χ4n) is 0.518. The van der Waals surface area contributed by atoms with Crippen LogP contribution in [0.25, 0.3) is 0 Å². The second-order valence-corrected chi connectivity index (χ2v) is 1.76. The maximum Gasteiger partial charge on any atom is 0.255 e. The molecule has 0 aliphatic carbocycles. The minimum atomic E-state index is -0.810. The van der Waals surface area contributed by atoms with Crippen LogP contribution in [0.4, 0.5) is 4.39 Å². The van der Waals surface area contributed by atoms with Crippen molar-refractivity contribution in [2.24, 2.45) is 0 Å². The topological polar surface area (TPSA) is 33.1 Å². The smallest absolute Gasteiger partial charge is 0.255 e. The summed E-state index contributed by atoms with van der Waals surface area (Å²) in [5.41, 5.74) is 0.560. The lowest BCUT2D eigenvalue weighted by Crippen LogP contribution is -1.85. The lowest BCUT2D eigenvalue weighted by atomic mass is 10.4. The minimum Gasteiger partial charge on any atom is -0.504 e. The molecule has 0 saturated heterocycles. The summed E-state index contributed by atoms with van der Waals surface area (Å²) in [7, 11) is 0. The van der Waals surface area contributed by atoms with Gasteiger partial charge in [-0.2, -0.15) is 4.39 Å². The largest absolute Gasteiger partial charge is 0.504 e. The van der Waals surface area contributed by atoms with E-state index in [-0.39, 0.29) is 0 Å². The highest BCUT2D eigenvalue weighted by Crippen LogP contribution is 2.10. The van der Waals surface area contributed by atoms with Crippen molar-refractivity contribution in [3.63, 3.8) is 0 Å². The van der Waals surface area contributed by atoms with Gasteiger partial charge in [0.15, 0.2) is 5.75 Å². The molecule has 11 heavy (non-hydrogen) atoms. The number of pyridine rings is 1. The number of aryl methyl sites for hydroxylation is 1. The predicted molar refractivity (Wildman–Crippen MR) is 41.9 cm³/mol. The van der Waals surface area contributed by atoms with Crippen molar-refractivity contribution in [3.05, 3.63) is 23.8 Å². The summed E-state index contributed by atoms with van der Waals surface area (Å²) >= 11 is 0. The van der Waals surface area contributed by atoms with Gasteiger partial charge in [-0.25, -0.2) is 4.98 Å². The molecule has 0 unspecified atom stereocenters. The number of hydrogen-bond acceptors (Lipinski definition) is 2. The summed E-state index contributed by atoms with van der Waals surface area (Å²) in [5.74, 6) is -1.21. The molecule has 1 N–H and O–H groups in total. The van der Waals surface area contributed by atoms with Crippen molar-refractivity contribution in [2.75, 3.05) is 0 Å². The van der Waals surface area contributed by atoms with Gasteiger partial charge in [0.2, 0.25) is 0 Å². The highest BCUT2D eigenvalue weighted by molar-refractivity contribution is 5.18. The third kappa shape index (κ3) is 2.98. The molecule has 3 heteroatoms. The van der Waals surface area contributed by atoms with Gasteiger partial charge in [-0.15, -0.1) is 0 Å². The molecule has 0 radical (unpaired) electrons. The lowest BCUT2D eigenvalue weighted by Gasteiger charge is -1.92. The Balaban J connectivity index is 0.000000461. The van der Waals surface area contributed by atoms with E-state index in [0.29, 0.717) is 5.69 Å². The average molecular weight is 157 g/mol. The van der Waals surface area contributed by atoms with Gasteiger partial charge in [0.1, 0.15) is 0 Å². The molecule has 0 saturated carbocycles. The first-order valence-electron chi connectivity index (χ1n) is 3.52. The van der Waals surface area contributed by atoms with Gasteiger partial charge in [0, 0.05) is 5.69 Å². The van der Waals surface area contributed by atoms with Crippen LogP contribution in [0.3, 0.4) is 0 Å². The summed E-state index contributed by atoms with van der Waals surface area (Å²) < 4.78 is 12.2. The molecule has 0 atom stereocenters. The van der Waals surface area contributed by atoms with Crippen molar-refractivity contribution in [1.82, 2.24) is 4.98 Å². The molecule has 0 spiro atoms. The van der Waals surface area contributed by atoms with Gasteiger partial charge in [0.05, 0.1) is 0 Å². The van der Waals surface area contributed by atoms with E-state index in [4.69, 9.17) is 5.11 Å². The van der Waals surface area contributed by atoms with Crippen molar-refractivity contribution in [3.8, 4) is 5.75 Å². The van der Waals surface area contributed by atoms with Crippen LogP contribution < -0.4 is 0 Å². The zero-order valence-electron chi connectivity index (χ0n) is 6.93. The monoisotopic (exact) mass is 157 g/mol. The van der Waals surface area contributed by atoms with Crippen molar-refractivity contribution >= 4 is 0 Å². The molecule has 2 nitrogen and oxygen atoms in total. The number of nitrogens with zero attached hydrogens (tertiary/aromatic N) is 1. The Kier molecular flexibility index (Phi) is 4.18. The molecular formula is C8H12FNO. The van der Waals surface area contributed by atoms with Gasteiger partial charge >= 0.3 is 0 Å². The first kappa shape index (κ1) is 9.88. The van der Waals surface area contributed by atoms with E-state index in [1.807, 2.05) is 13.8 Å². The van der Waals surface area contributed by atoms with Crippen molar-refractivity contribution in [1.29, 1.82) is 0 Å². The van der Waals surface area contributed by atoms with Crippen molar-refractivity contribution in [2.45, 2.75) is 20.8 Å². The summed E-state index contributed by atoms with van der Waals surface area (Å²) in [5, 5.41) is 8.61. The normalized spacial score (nSPS) is 8.36. The Morgan fingerprint density at radius 1 is 1.36 bits per heavy atom. The predicted octanol–water partition coefficient (Wildman–Crippen LogP) is 2.26. The summed E-state index contributed by atoms with van der Waals surface area (Å²) in [6.07, 6.45) is 0. The van der Waals surface area contributed by atoms with Gasteiger partial charge in [-0.1, -0.05) is 13.8 Å². The Bertz CT molecular complexity index is 225. The van der Waals surface area contributed by atoms with E-state index < -0.39 is 11.7 Å². The summed E-state index contributed by atoms with van der Waals surface area (Å²) in [4.78, 5) is 3.36. The van der Waals surface area contributed by atoms with Gasteiger partial charge < -0.3 is 5.11 Å². The molecule has 0 aliphatic rings. The van der Waals surface area contributed by atoms with Crippen LogP contribution in [0.1, 0.15) is 19.5 Å². The Hall–Kier alpha value is -1.12. The van der Waals surface area contributed by atoms with Gasteiger partial charge in [-0.3, -0.25) is 0 Å². The molecule has 0 aliphatic heterocycles. The lowest BCUT2D eigenvalue weighted by molar-refractivity contribution is 0.418. The van der Waals surface area contributed by atoms with Crippen LogP contribution in [0.2, 0.25) is 0 Å². The number of aromatic hydroxyl groups is 1. The third-order valence-electron chi connectivity index (χ3n) is 0.968. The zero-order valence-corrected chi connectivity index (χ0v) is 6.93. The molecule has 62 valence electrons. The van der Waals surface area contributed by atoms with Crippen LogP contribution in [-0.4, -0.2) is 10.1 Å². The fourth-order valence-corrected chi connectivity index (χ4v) is 0.518. The van der Waals surface area contributed by atoms with E-state index in [1.54, 1.807) is 13.0 Å². The van der Waals surface area contributed by atoms with E-state index in [2.05, 4.69) is 4.98 Å². The molecule has 1 rings (SSSR count). The number of aromatic nitrogens is 1. The number of hydrogen-bond donors (Lipinski definition) is 1. The molecule has 0 bridgehead atoms. The van der Waals surface area contributed by atoms with E-state index >= 15 is 0 Å². The van der Waals surface area contributed by atoms with Crippen molar-refractivity contribution < 1.29 is 9.50 Å². The second-order valence-electron chi connectivity index (χ2n) is 1.76. The highest BCUT2D eigenvalue weighted by Gasteiger charge is 1.98.